The Morgan fingerprint density at radius 3 is 2.37 bits per heavy atom. The molecule has 0 bridgehead atoms. The van der Waals surface area contributed by atoms with Crippen LogP contribution in [0, 0.1) is 0 Å². The number of rotatable bonds is 9. The molecule has 0 aliphatic rings. The highest BCUT2D eigenvalue weighted by Crippen LogP contribution is 2.25. The number of aromatic amines is 1. The van der Waals surface area contributed by atoms with E-state index in [-0.39, 0.29) is 22.7 Å². The molecule has 2 aromatic heterocycles. The van der Waals surface area contributed by atoms with Crippen LogP contribution in [0.3, 0.4) is 0 Å². The van der Waals surface area contributed by atoms with E-state index in [0.29, 0.717) is 12.1 Å². The molecule has 2 heterocycles. The van der Waals surface area contributed by atoms with Crippen molar-refractivity contribution in [1.82, 2.24) is 25.1 Å². The lowest BCUT2D eigenvalue weighted by Crippen LogP contribution is -2.38. The molecule has 184 valence electrons. The molecule has 0 aliphatic heterocycles. The van der Waals surface area contributed by atoms with Crippen LogP contribution in [0.5, 0.6) is 0 Å². The van der Waals surface area contributed by atoms with E-state index in [1.165, 1.54) is 0 Å². The van der Waals surface area contributed by atoms with Crippen LogP contribution >= 0.6 is 11.3 Å². The second-order valence-electron chi connectivity index (χ2n) is 7.90. The van der Waals surface area contributed by atoms with Crippen LogP contribution in [-0.2, 0) is 6.54 Å². The van der Waals surface area contributed by atoms with Crippen molar-refractivity contribution < 1.29 is 4.79 Å². The molecule has 2 aromatic carbocycles. The summed E-state index contributed by atoms with van der Waals surface area (Å²) in [6.45, 7) is 8.74. The summed E-state index contributed by atoms with van der Waals surface area (Å²) in [4.78, 5) is 28.8. The first-order valence-electron chi connectivity index (χ1n) is 12.1. The number of carbonyl (C=O) groups excluding carboxylic acids is 1. The van der Waals surface area contributed by atoms with Crippen molar-refractivity contribution in [2.24, 2.45) is 0 Å². The molecule has 0 aliphatic carbocycles. The van der Waals surface area contributed by atoms with Gasteiger partial charge in [-0.1, -0.05) is 81.5 Å². The molecular weight excluding hydrogens is 458 g/mol. The Morgan fingerprint density at radius 1 is 1.06 bits per heavy atom. The highest BCUT2D eigenvalue weighted by molar-refractivity contribution is 7.08. The second kappa shape index (κ2) is 12.8. The molecule has 0 radical (unpaired) electrons. The van der Waals surface area contributed by atoms with Crippen LogP contribution in [0.2, 0.25) is 0 Å². The standard InChI is InChI=1S/C25H27N5O2S.C2H6/c1-3-20(24-28-29-25(32)33-24)21(4-2)27-23(31)19-12-10-17(11-13-19)16-30-15-14-26-22(30)18-8-6-5-7-9-18;1-2/h5-15,20-21H,3-4,16H2,1-2H3,(H,27,31)(H,29,32);1-2H3. The van der Waals surface area contributed by atoms with Gasteiger partial charge in [0.15, 0.2) is 0 Å². The molecule has 2 N–H and O–H groups in total. The Bertz CT molecular complexity index is 1240. The predicted molar refractivity (Wildman–Crippen MR) is 142 cm³/mol. The lowest BCUT2D eigenvalue weighted by Gasteiger charge is -2.24. The number of nitrogens with zero attached hydrogens (tertiary/aromatic N) is 3. The third-order valence-electron chi connectivity index (χ3n) is 5.77. The summed E-state index contributed by atoms with van der Waals surface area (Å²) >= 11 is 1.11. The van der Waals surface area contributed by atoms with Gasteiger partial charge in [-0.2, -0.15) is 5.10 Å². The highest BCUT2D eigenvalue weighted by Gasteiger charge is 2.25. The Hall–Kier alpha value is -3.52. The quantitative estimate of drug-likeness (QED) is 0.325. The third kappa shape index (κ3) is 6.54. The molecule has 8 heteroatoms. The number of benzene rings is 2. The molecule has 4 rings (SSSR count). The number of aromatic nitrogens is 4. The number of nitrogens with one attached hydrogen (secondary N) is 2. The average Bonchev–Trinajstić information content (AvgIpc) is 3.55. The molecule has 35 heavy (non-hydrogen) atoms. The number of hydrogen-bond donors (Lipinski definition) is 2. The van der Waals surface area contributed by atoms with Gasteiger partial charge in [0.25, 0.3) is 5.91 Å². The summed E-state index contributed by atoms with van der Waals surface area (Å²) in [5.74, 6) is 0.789. The maximum atomic E-state index is 12.9. The molecule has 0 saturated carbocycles. The number of amides is 1. The monoisotopic (exact) mass is 491 g/mol. The first-order valence-corrected chi connectivity index (χ1v) is 12.9. The summed E-state index contributed by atoms with van der Waals surface area (Å²) in [5.41, 5.74) is 2.76. The summed E-state index contributed by atoms with van der Waals surface area (Å²) in [5, 5.41) is 10.5. The van der Waals surface area contributed by atoms with Crippen molar-refractivity contribution in [2.45, 2.75) is 59.0 Å². The van der Waals surface area contributed by atoms with E-state index in [2.05, 4.69) is 25.1 Å². The van der Waals surface area contributed by atoms with Gasteiger partial charge < -0.3 is 9.88 Å². The van der Waals surface area contributed by atoms with E-state index >= 15 is 0 Å². The van der Waals surface area contributed by atoms with E-state index in [0.717, 1.165) is 46.1 Å². The van der Waals surface area contributed by atoms with Crippen molar-refractivity contribution >= 4 is 17.2 Å². The maximum Gasteiger partial charge on any atom is 0.322 e. The maximum absolute atomic E-state index is 12.9. The highest BCUT2D eigenvalue weighted by atomic mass is 32.1. The van der Waals surface area contributed by atoms with E-state index in [1.807, 2.05) is 88.5 Å². The summed E-state index contributed by atoms with van der Waals surface area (Å²) < 4.78 is 2.10. The van der Waals surface area contributed by atoms with Crippen LogP contribution in [0.4, 0.5) is 0 Å². The summed E-state index contributed by atoms with van der Waals surface area (Å²) in [6, 6.07) is 17.6. The van der Waals surface area contributed by atoms with E-state index in [4.69, 9.17) is 0 Å². The fourth-order valence-electron chi connectivity index (χ4n) is 4.01. The van der Waals surface area contributed by atoms with Crippen molar-refractivity contribution in [1.29, 1.82) is 0 Å². The molecule has 0 fully saturated rings. The zero-order valence-corrected chi connectivity index (χ0v) is 21.5. The Morgan fingerprint density at radius 2 is 1.77 bits per heavy atom. The molecule has 0 saturated heterocycles. The predicted octanol–water partition coefficient (Wildman–Crippen LogP) is 5.47. The van der Waals surface area contributed by atoms with Gasteiger partial charge in [-0.05, 0) is 30.5 Å². The lowest BCUT2D eigenvalue weighted by atomic mass is 9.95. The molecule has 2 unspecified atom stereocenters. The van der Waals surface area contributed by atoms with Gasteiger partial charge in [0.1, 0.15) is 10.8 Å². The second-order valence-corrected chi connectivity index (χ2v) is 8.89. The third-order valence-corrected chi connectivity index (χ3v) is 6.65. The zero-order chi connectivity index (χ0) is 25.2. The summed E-state index contributed by atoms with van der Waals surface area (Å²) in [6.07, 6.45) is 5.30. The van der Waals surface area contributed by atoms with Gasteiger partial charge in [0.05, 0.1) is 0 Å². The minimum Gasteiger partial charge on any atom is -0.349 e. The zero-order valence-electron chi connectivity index (χ0n) is 20.7. The molecule has 4 aromatic rings. The normalized spacial score (nSPS) is 12.3. The fourth-order valence-corrected chi connectivity index (χ4v) is 4.87. The van der Waals surface area contributed by atoms with Crippen LogP contribution in [0.15, 0.2) is 71.8 Å². The number of carbonyl (C=O) groups is 1. The van der Waals surface area contributed by atoms with Gasteiger partial charge in [-0.25, -0.2) is 10.1 Å². The number of imidazole rings is 1. The first kappa shape index (κ1) is 26.1. The van der Waals surface area contributed by atoms with Gasteiger partial charge in [-0.3, -0.25) is 9.59 Å². The lowest BCUT2D eigenvalue weighted by molar-refractivity contribution is 0.0928. The number of H-pyrrole nitrogens is 1. The molecule has 7 nitrogen and oxygen atoms in total. The topological polar surface area (TPSA) is 92.7 Å². The average molecular weight is 492 g/mol. The van der Waals surface area contributed by atoms with Crippen molar-refractivity contribution in [3.63, 3.8) is 0 Å². The molecular formula is C27H33N5O2S. The molecule has 1 amide bonds. The van der Waals surface area contributed by atoms with Gasteiger partial charge >= 0.3 is 4.87 Å². The SMILES string of the molecule is CC.CCC(NC(=O)c1ccc(Cn2ccnc2-c2ccccc2)cc1)C(CC)c1n[nH]c(=O)s1. The summed E-state index contributed by atoms with van der Waals surface area (Å²) in [7, 11) is 0. The molecule has 0 spiro atoms. The van der Waals surface area contributed by atoms with Crippen LogP contribution in [-0.4, -0.2) is 31.7 Å². The Labute approximate surface area is 210 Å². The van der Waals surface area contributed by atoms with Crippen LogP contribution in [0.25, 0.3) is 11.4 Å². The Balaban J connectivity index is 0.00000167. The van der Waals surface area contributed by atoms with E-state index in [1.54, 1.807) is 6.20 Å². The van der Waals surface area contributed by atoms with Gasteiger partial charge in [0.2, 0.25) is 0 Å². The van der Waals surface area contributed by atoms with Crippen LogP contribution in [0.1, 0.15) is 67.4 Å². The smallest absolute Gasteiger partial charge is 0.322 e. The van der Waals surface area contributed by atoms with E-state index < -0.39 is 0 Å². The minimum atomic E-state index is -0.173. The first-order chi connectivity index (χ1) is 17.1. The molecule has 2 atom stereocenters. The Kier molecular flexibility index (Phi) is 9.55. The van der Waals surface area contributed by atoms with Crippen molar-refractivity contribution in [3.05, 3.63) is 92.8 Å². The largest absolute Gasteiger partial charge is 0.349 e. The van der Waals surface area contributed by atoms with Gasteiger partial charge in [0, 0.05) is 42.0 Å². The minimum absolute atomic E-state index is 0.000165. The fraction of sp³-hybridized carbons (Fsp3) is 0.333. The number of hydrogen-bond acceptors (Lipinski definition) is 5. The van der Waals surface area contributed by atoms with Gasteiger partial charge in [-0.15, -0.1) is 0 Å². The van der Waals surface area contributed by atoms with Crippen molar-refractivity contribution in [3.8, 4) is 11.4 Å². The van der Waals surface area contributed by atoms with E-state index in [9.17, 15) is 9.59 Å². The van der Waals surface area contributed by atoms with Crippen LogP contribution < -0.4 is 10.2 Å². The van der Waals surface area contributed by atoms with Crippen molar-refractivity contribution in [2.75, 3.05) is 0 Å².